The van der Waals surface area contributed by atoms with Gasteiger partial charge in [0.25, 0.3) is 0 Å². The summed E-state index contributed by atoms with van der Waals surface area (Å²) in [6, 6.07) is 3.23. The molecular weight excluding hydrogens is 248 g/mol. The number of anilines is 1. The quantitative estimate of drug-likeness (QED) is 0.807. The molecule has 0 heterocycles. The maximum Gasteiger partial charge on any atom is 0.241 e. The van der Waals surface area contributed by atoms with Crippen LogP contribution in [0.2, 0.25) is 0 Å². The van der Waals surface area contributed by atoms with E-state index in [0.29, 0.717) is 5.69 Å². The minimum atomic E-state index is -3.49. The third-order valence-electron chi connectivity index (χ3n) is 3.01. The Balaban J connectivity index is 3.13. The van der Waals surface area contributed by atoms with Gasteiger partial charge in [-0.1, -0.05) is 13.3 Å². The average Bonchev–Trinajstić information content (AvgIpc) is 2.22. The molecule has 0 spiro atoms. The van der Waals surface area contributed by atoms with Gasteiger partial charge in [0.2, 0.25) is 10.0 Å². The van der Waals surface area contributed by atoms with Crippen LogP contribution in [0.25, 0.3) is 0 Å². The Labute approximate surface area is 110 Å². The van der Waals surface area contributed by atoms with Crippen molar-refractivity contribution in [2.45, 2.75) is 51.5 Å². The molecule has 3 N–H and O–H groups in total. The van der Waals surface area contributed by atoms with Crippen LogP contribution in [0.5, 0.6) is 0 Å². The van der Waals surface area contributed by atoms with Crippen molar-refractivity contribution in [2.24, 2.45) is 0 Å². The van der Waals surface area contributed by atoms with Crippen LogP contribution in [-0.2, 0) is 10.0 Å². The predicted octanol–water partition coefficient (Wildman–Crippen LogP) is 2.35. The van der Waals surface area contributed by atoms with E-state index in [9.17, 15) is 8.42 Å². The lowest BCUT2D eigenvalue weighted by Crippen LogP contribution is -2.33. The molecule has 0 amide bonds. The molecule has 102 valence electrons. The van der Waals surface area contributed by atoms with Crippen LogP contribution >= 0.6 is 0 Å². The molecule has 0 aliphatic rings. The monoisotopic (exact) mass is 270 g/mol. The summed E-state index contributed by atoms with van der Waals surface area (Å²) < 4.78 is 27.2. The highest BCUT2D eigenvalue weighted by Gasteiger charge is 2.20. The van der Waals surface area contributed by atoms with Crippen molar-refractivity contribution < 1.29 is 8.42 Å². The number of hydrogen-bond acceptors (Lipinski definition) is 3. The predicted molar refractivity (Wildman–Crippen MR) is 75.0 cm³/mol. The molecule has 18 heavy (non-hydrogen) atoms. The minimum absolute atomic E-state index is 0.0684. The summed E-state index contributed by atoms with van der Waals surface area (Å²) in [4.78, 5) is 0.281. The Morgan fingerprint density at radius 1 is 1.33 bits per heavy atom. The van der Waals surface area contributed by atoms with Gasteiger partial charge < -0.3 is 5.73 Å². The second-order valence-corrected chi connectivity index (χ2v) is 6.45. The number of nitrogen functional groups attached to an aromatic ring is 1. The second kappa shape index (κ2) is 5.71. The largest absolute Gasteiger partial charge is 0.399 e. The fourth-order valence-electron chi connectivity index (χ4n) is 1.95. The van der Waals surface area contributed by atoms with Gasteiger partial charge in [-0.3, -0.25) is 0 Å². The number of sulfonamides is 1. The molecule has 0 saturated heterocycles. The van der Waals surface area contributed by atoms with Crippen molar-refractivity contribution in [3.8, 4) is 0 Å². The molecule has 0 bridgehead atoms. The molecule has 0 saturated carbocycles. The zero-order chi connectivity index (χ0) is 13.9. The minimum Gasteiger partial charge on any atom is -0.399 e. The van der Waals surface area contributed by atoms with E-state index in [1.54, 1.807) is 13.0 Å². The zero-order valence-electron chi connectivity index (χ0n) is 11.4. The average molecular weight is 270 g/mol. The standard InChI is InChI=1S/C13H22N2O2S/c1-5-6-10(3)15-18(16,17)13-8-12(14)7-9(2)11(13)4/h7-8,10,15H,5-6,14H2,1-4H3. The second-order valence-electron chi connectivity index (χ2n) is 4.77. The van der Waals surface area contributed by atoms with Crippen LogP contribution in [0.4, 0.5) is 5.69 Å². The molecule has 5 heteroatoms. The third-order valence-corrected chi connectivity index (χ3v) is 4.73. The Bertz CT molecular complexity index is 524. The fraction of sp³-hybridized carbons (Fsp3) is 0.538. The lowest BCUT2D eigenvalue weighted by molar-refractivity contribution is 0.543. The van der Waals surface area contributed by atoms with Crippen molar-refractivity contribution in [3.63, 3.8) is 0 Å². The van der Waals surface area contributed by atoms with Gasteiger partial charge >= 0.3 is 0 Å². The van der Waals surface area contributed by atoms with Crippen molar-refractivity contribution in [3.05, 3.63) is 23.3 Å². The summed E-state index contributed by atoms with van der Waals surface area (Å²) in [5.41, 5.74) is 7.83. The molecule has 0 aliphatic heterocycles. The summed E-state index contributed by atoms with van der Waals surface area (Å²) in [5.74, 6) is 0. The maximum atomic E-state index is 12.3. The van der Waals surface area contributed by atoms with Gasteiger partial charge in [0.1, 0.15) is 0 Å². The Morgan fingerprint density at radius 3 is 2.50 bits per heavy atom. The van der Waals surface area contributed by atoms with E-state index in [-0.39, 0.29) is 10.9 Å². The number of nitrogens with two attached hydrogens (primary N) is 1. The first-order valence-electron chi connectivity index (χ1n) is 6.17. The van der Waals surface area contributed by atoms with Crippen molar-refractivity contribution in [2.75, 3.05) is 5.73 Å². The van der Waals surface area contributed by atoms with Crippen LogP contribution in [0.1, 0.15) is 37.8 Å². The molecule has 1 aromatic rings. The molecule has 1 atom stereocenters. The zero-order valence-corrected chi connectivity index (χ0v) is 12.3. The van der Waals surface area contributed by atoms with E-state index >= 15 is 0 Å². The summed E-state index contributed by atoms with van der Waals surface area (Å²) in [5, 5.41) is 0. The van der Waals surface area contributed by atoms with Crippen molar-refractivity contribution in [1.29, 1.82) is 0 Å². The first kappa shape index (κ1) is 15.0. The van der Waals surface area contributed by atoms with Crippen LogP contribution in [-0.4, -0.2) is 14.5 Å². The van der Waals surface area contributed by atoms with E-state index in [0.717, 1.165) is 24.0 Å². The van der Waals surface area contributed by atoms with Crippen LogP contribution in [0.15, 0.2) is 17.0 Å². The summed E-state index contributed by atoms with van der Waals surface area (Å²) in [6.07, 6.45) is 1.76. The highest BCUT2D eigenvalue weighted by atomic mass is 32.2. The van der Waals surface area contributed by atoms with Gasteiger partial charge in [-0.25, -0.2) is 13.1 Å². The lowest BCUT2D eigenvalue weighted by Gasteiger charge is -2.16. The SMILES string of the molecule is CCCC(C)NS(=O)(=O)c1cc(N)cc(C)c1C. The molecule has 1 unspecified atom stereocenters. The number of rotatable bonds is 5. The van der Waals surface area contributed by atoms with E-state index < -0.39 is 10.0 Å². The molecule has 4 nitrogen and oxygen atoms in total. The molecule has 1 aromatic carbocycles. The highest BCUT2D eigenvalue weighted by molar-refractivity contribution is 7.89. The molecule has 0 fully saturated rings. The summed E-state index contributed by atoms with van der Waals surface area (Å²) >= 11 is 0. The van der Waals surface area contributed by atoms with Gasteiger partial charge in [-0.2, -0.15) is 0 Å². The maximum absolute atomic E-state index is 12.3. The summed E-state index contributed by atoms with van der Waals surface area (Å²) in [6.45, 7) is 7.56. The smallest absolute Gasteiger partial charge is 0.241 e. The van der Waals surface area contributed by atoms with E-state index in [1.807, 2.05) is 20.8 Å². The molecule has 0 radical (unpaired) electrons. The first-order chi connectivity index (χ1) is 8.27. The normalized spacial score (nSPS) is 13.6. The van der Waals surface area contributed by atoms with E-state index in [4.69, 9.17) is 5.73 Å². The van der Waals surface area contributed by atoms with Gasteiger partial charge in [-0.05, 0) is 50.5 Å². The van der Waals surface area contributed by atoms with Gasteiger partial charge in [0.05, 0.1) is 4.90 Å². The highest BCUT2D eigenvalue weighted by Crippen LogP contribution is 2.22. The van der Waals surface area contributed by atoms with Crippen LogP contribution in [0, 0.1) is 13.8 Å². The molecular formula is C13H22N2O2S. The Kier molecular flexibility index (Phi) is 4.76. The Morgan fingerprint density at radius 2 is 1.94 bits per heavy atom. The number of aryl methyl sites for hydroxylation is 1. The molecule has 0 aromatic heterocycles. The molecule has 0 aliphatic carbocycles. The van der Waals surface area contributed by atoms with Gasteiger partial charge in [-0.15, -0.1) is 0 Å². The molecule has 1 rings (SSSR count). The number of benzene rings is 1. The lowest BCUT2D eigenvalue weighted by atomic mass is 10.1. The topological polar surface area (TPSA) is 72.2 Å². The Hall–Kier alpha value is -1.07. The fourth-order valence-corrected chi connectivity index (χ4v) is 3.58. The number of nitrogens with one attached hydrogen (secondary N) is 1. The van der Waals surface area contributed by atoms with E-state index in [2.05, 4.69) is 4.72 Å². The van der Waals surface area contributed by atoms with Crippen molar-refractivity contribution in [1.82, 2.24) is 4.72 Å². The van der Waals surface area contributed by atoms with Crippen LogP contribution in [0.3, 0.4) is 0 Å². The first-order valence-corrected chi connectivity index (χ1v) is 7.65. The van der Waals surface area contributed by atoms with Gasteiger partial charge in [0.15, 0.2) is 0 Å². The van der Waals surface area contributed by atoms with Crippen molar-refractivity contribution >= 4 is 15.7 Å². The van der Waals surface area contributed by atoms with E-state index in [1.165, 1.54) is 6.07 Å². The van der Waals surface area contributed by atoms with Gasteiger partial charge in [0, 0.05) is 11.7 Å². The third kappa shape index (κ3) is 3.46. The number of hydrogen-bond donors (Lipinski definition) is 2. The summed E-state index contributed by atoms with van der Waals surface area (Å²) in [7, 11) is -3.49. The van der Waals surface area contributed by atoms with Crippen LogP contribution < -0.4 is 10.5 Å².